The second-order valence-corrected chi connectivity index (χ2v) is 6.98. The molecule has 7 heteroatoms. The third-order valence-corrected chi connectivity index (χ3v) is 5.08. The van der Waals surface area contributed by atoms with Crippen molar-refractivity contribution in [1.82, 2.24) is 0 Å². The molecular formula is C16H13BrCl3NO2. The van der Waals surface area contributed by atoms with Crippen LogP contribution in [0.5, 0.6) is 5.75 Å². The van der Waals surface area contributed by atoms with Crippen molar-refractivity contribution in [2.45, 2.75) is 13.8 Å². The number of carbonyl (C=O) groups is 1. The number of carbonyl (C=O) groups excluding carboxylic acids is 1. The number of benzene rings is 2. The van der Waals surface area contributed by atoms with E-state index in [0.717, 1.165) is 15.6 Å². The maximum Gasteiger partial charge on any atom is 0.262 e. The van der Waals surface area contributed by atoms with E-state index >= 15 is 0 Å². The van der Waals surface area contributed by atoms with Gasteiger partial charge < -0.3 is 10.1 Å². The van der Waals surface area contributed by atoms with Crippen LogP contribution >= 0.6 is 50.7 Å². The van der Waals surface area contributed by atoms with Crippen molar-refractivity contribution < 1.29 is 9.53 Å². The molecule has 2 aromatic carbocycles. The Labute approximate surface area is 158 Å². The number of aryl methyl sites for hydroxylation is 1. The summed E-state index contributed by atoms with van der Waals surface area (Å²) < 4.78 is 6.29. The SMILES string of the molecule is Cc1cc(OCC(=O)Nc2cc(Cl)cc(Cl)c2)c(Br)c(C)c1Cl. The fourth-order valence-electron chi connectivity index (χ4n) is 1.97. The number of hydrogen-bond donors (Lipinski definition) is 1. The molecule has 122 valence electrons. The van der Waals surface area contributed by atoms with Crippen LogP contribution in [0.25, 0.3) is 0 Å². The first-order valence-electron chi connectivity index (χ1n) is 6.62. The van der Waals surface area contributed by atoms with E-state index in [9.17, 15) is 4.79 Å². The van der Waals surface area contributed by atoms with Crippen LogP contribution in [0, 0.1) is 13.8 Å². The molecule has 0 heterocycles. The quantitative estimate of drug-likeness (QED) is 0.633. The fourth-order valence-corrected chi connectivity index (χ4v) is 3.19. The molecule has 0 bridgehead atoms. The molecule has 0 atom stereocenters. The first-order valence-corrected chi connectivity index (χ1v) is 8.54. The van der Waals surface area contributed by atoms with E-state index in [4.69, 9.17) is 39.5 Å². The van der Waals surface area contributed by atoms with Crippen molar-refractivity contribution in [3.8, 4) is 5.75 Å². The first-order chi connectivity index (χ1) is 10.8. The summed E-state index contributed by atoms with van der Waals surface area (Å²) in [6, 6.07) is 6.59. The van der Waals surface area contributed by atoms with Crippen LogP contribution in [0.4, 0.5) is 5.69 Å². The average molecular weight is 438 g/mol. The maximum absolute atomic E-state index is 12.0. The first kappa shape index (κ1) is 18.4. The molecule has 0 spiro atoms. The molecule has 0 saturated heterocycles. The van der Waals surface area contributed by atoms with Gasteiger partial charge in [0.1, 0.15) is 5.75 Å². The van der Waals surface area contributed by atoms with Crippen LogP contribution in [0.2, 0.25) is 15.1 Å². The number of nitrogens with one attached hydrogen (secondary N) is 1. The number of amides is 1. The molecule has 0 aromatic heterocycles. The fraction of sp³-hybridized carbons (Fsp3) is 0.188. The third-order valence-electron chi connectivity index (χ3n) is 3.07. The molecule has 1 N–H and O–H groups in total. The van der Waals surface area contributed by atoms with E-state index in [1.54, 1.807) is 24.3 Å². The summed E-state index contributed by atoms with van der Waals surface area (Å²) >= 11 is 21.4. The molecule has 1 amide bonds. The number of rotatable bonds is 4. The van der Waals surface area contributed by atoms with Crippen LogP contribution in [0.15, 0.2) is 28.7 Å². The number of anilines is 1. The second-order valence-electron chi connectivity index (χ2n) is 4.94. The van der Waals surface area contributed by atoms with Crippen molar-refractivity contribution in [2.24, 2.45) is 0 Å². The highest BCUT2D eigenvalue weighted by Crippen LogP contribution is 2.35. The summed E-state index contributed by atoms with van der Waals surface area (Å²) in [4.78, 5) is 12.0. The largest absolute Gasteiger partial charge is 0.483 e. The van der Waals surface area contributed by atoms with Gasteiger partial charge in [-0.25, -0.2) is 0 Å². The van der Waals surface area contributed by atoms with Gasteiger partial charge in [-0.2, -0.15) is 0 Å². The zero-order valence-corrected chi connectivity index (χ0v) is 16.2. The Balaban J connectivity index is 2.05. The highest BCUT2D eigenvalue weighted by atomic mass is 79.9. The number of ether oxygens (including phenoxy) is 1. The van der Waals surface area contributed by atoms with Crippen molar-refractivity contribution in [2.75, 3.05) is 11.9 Å². The molecule has 0 aliphatic carbocycles. The predicted octanol–water partition coefficient (Wildman–Crippen LogP) is 6.04. The van der Waals surface area contributed by atoms with Gasteiger partial charge >= 0.3 is 0 Å². The Morgan fingerprint density at radius 1 is 1.13 bits per heavy atom. The van der Waals surface area contributed by atoms with Gasteiger partial charge in [-0.1, -0.05) is 34.8 Å². The standard InChI is InChI=1S/C16H13BrCl3NO2/c1-8-3-13(15(17)9(2)16(8)20)23-7-14(22)21-12-5-10(18)4-11(19)6-12/h3-6H,7H2,1-2H3,(H,21,22). The minimum absolute atomic E-state index is 0.150. The lowest BCUT2D eigenvalue weighted by Gasteiger charge is -2.13. The molecule has 0 radical (unpaired) electrons. The van der Waals surface area contributed by atoms with E-state index < -0.39 is 0 Å². The van der Waals surface area contributed by atoms with E-state index in [0.29, 0.717) is 26.5 Å². The summed E-state index contributed by atoms with van der Waals surface area (Å²) in [7, 11) is 0. The zero-order chi connectivity index (χ0) is 17.1. The maximum atomic E-state index is 12.0. The molecule has 0 aliphatic rings. The van der Waals surface area contributed by atoms with Crippen LogP contribution < -0.4 is 10.1 Å². The van der Waals surface area contributed by atoms with Gasteiger partial charge in [0.15, 0.2) is 6.61 Å². The molecule has 2 aromatic rings. The van der Waals surface area contributed by atoms with Crippen molar-refractivity contribution in [3.63, 3.8) is 0 Å². The van der Waals surface area contributed by atoms with E-state index in [-0.39, 0.29) is 12.5 Å². The summed E-state index contributed by atoms with van der Waals surface area (Å²) in [5.74, 6) is 0.240. The monoisotopic (exact) mass is 435 g/mol. The minimum atomic E-state index is -0.319. The van der Waals surface area contributed by atoms with E-state index in [1.807, 2.05) is 13.8 Å². The molecule has 0 saturated carbocycles. The predicted molar refractivity (Wildman–Crippen MR) is 99.2 cm³/mol. The minimum Gasteiger partial charge on any atom is -0.483 e. The van der Waals surface area contributed by atoms with Gasteiger partial charge in [0.05, 0.1) is 4.47 Å². The van der Waals surface area contributed by atoms with Gasteiger partial charge in [-0.05, 0) is 65.2 Å². The third kappa shape index (κ3) is 4.77. The van der Waals surface area contributed by atoms with Crippen molar-refractivity contribution in [1.29, 1.82) is 0 Å². The number of hydrogen-bond acceptors (Lipinski definition) is 2. The van der Waals surface area contributed by atoms with Gasteiger partial charge in [0.2, 0.25) is 0 Å². The highest BCUT2D eigenvalue weighted by molar-refractivity contribution is 9.10. The van der Waals surface area contributed by atoms with Gasteiger partial charge in [-0.3, -0.25) is 4.79 Å². The van der Waals surface area contributed by atoms with E-state index in [2.05, 4.69) is 21.2 Å². The van der Waals surface area contributed by atoms with Crippen LogP contribution in [-0.4, -0.2) is 12.5 Å². The van der Waals surface area contributed by atoms with Crippen LogP contribution in [0.1, 0.15) is 11.1 Å². The smallest absolute Gasteiger partial charge is 0.262 e. The normalized spacial score (nSPS) is 10.5. The average Bonchev–Trinajstić information content (AvgIpc) is 2.46. The Morgan fingerprint density at radius 2 is 1.74 bits per heavy atom. The summed E-state index contributed by atoms with van der Waals surface area (Å²) in [6.07, 6.45) is 0. The van der Waals surface area contributed by atoms with Crippen LogP contribution in [-0.2, 0) is 4.79 Å². The van der Waals surface area contributed by atoms with Crippen molar-refractivity contribution >= 4 is 62.3 Å². The van der Waals surface area contributed by atoms with Gasteiger partial charge in [0, 0.05) is 20.8 Å². The molecule has 0 unspecified atom stereocenters. The van der Waals surface area contributed by atoms with Gasteiger partial charge in [-0.15, -0.1) is 0 Å². The van der Waals surface area contributed by atoms with Gasteiger partial charge in [0.25, 0.3) is 5.91 Å². The Morgan fingerprint density at radius 3 is 2.35 bits per heavy atom. The highest BCUT2D eigenvalue weighted by Gasteiger charge is 2.12. The molecule has 0 aliphatic heterocycles. The van der Waals surface area contributed by atoms with E-state index in [1.165, 1.54) is 0 Å². The lowest BCUT2D eigenvalue weighted by molar-refractivity contribution is -0.118. The molecule has 23 heavy (non-hydrogen) atoms. The second kappa shape index (κ2) is 7.75. The number of halogens is 4. The summed E-state index contributed by atoms with van der Waals surface area (Å²) in [5.41, 5.74) is 2.26. The zero-order valence-electron chi connectivity index (χ0n) is 12.3. The molecular weight excluding hydrogens is 424 g/mol. The topological polar surface area (TPSA) is 38.3 Å². The van der Waals surface area contributed by atoms with Crippen molar-refractivity contribution in [3.05, 3.63) is 54.9 Å². The summed E-state index contributed by atoms with van der Waals surface area (Å²) in [6.45, 7) is 3.60. The Hall–Kier alpha value is -0.940. The molecule has 3 nitrogen and oxygen atoms in total. The Kier molecular flexibility index (Phi) is 6.20. The molecule has 2 rings (SSSR count). The lowest BCUT2D eigenvalue weighted by Crippen LogP contribution is -2.20. The Bertz CT molecular complexity index is 745. The lowest BCUT2D eigenvalue weighted by atomic mass is 10.1. The molecule has 0 fully saturated rings. The van der Waals surface area contributed by atoms with Crippen LogP contribution in [0.3, 0.4) is 0 Å². The summed E-state index contributed by atoms with van der Waals surface area (Å²) in [5, 5.41) is 4.24.